The molecule has 5 rings (SSSR count). The van der Waals surface area contributed by atoms with Crippen LogP contribution in [0, 0.1) is 0 Å². The number of hydrogen-bond acceptors (Lipinski definition) is 6. The summed E-state index contributed by atoms with van der Waals surface area (Å²) >= 11 is 1.50. The number of nitrogens with zero attached hydrogens (tertiary/aromatic N) is 3. The van der Waals surface area contributed by atoms with Gasteiger partial charge >= 0.3 is 0 Å². The van der Waals surface area contributed by atoms with Crippen LogP contribution >= 0.6 is 11.3 Å². The molecule has 2 aromatic heterocycles. The molecule has 0 radical (unpaired) electrons. The predicted octanol–water partition coefficient (Wildman–Crippen LogP) is 4.12. The fourth-order valence-corrected chi connectivity index (χ4v) is 5.50. The van der Waals surface area contributed by atoms with Gasteiger partial charge in [0, 0.05) is 37.8 Å². The molecule has 2 fully saturated rings. The molecule has 0 saturated carbocycles. The van der Waals surface area contributed by atoms with Crippen molar-refractivity contribution in [2.45, 2.75) is 57.3 Å². The third-order valence-electron chi connectivity index (χ3n) is 5.93. The SMILES string of the molecule is CC(=O)N[C@@H]1C[C@H]2CC[C@@H](C1)N2Cc1ccc(Oc2nc3ncccc3s2)cc1. The number of nitrogens with one attached hydrogen (secondary N) is 1. The lowest BCUT2D eigenvalue weighted by Gasteiger charge is -2.39. The first kappa shape index (κ1) is 18.5. The predicted molar refractivity (Wildman–Crippen MR) is 113 cm³/mol. The Kier molecular flexibility index (Phi) is 4.93. The molecule has 2 aliphatic heterocycles. The van der Waals surface area contributed by atoms with Crippen molar-refractivity contribution in [3.63, 3.8) is 0 Å². The van der Waals surface area contributed by atoms with E-state index in [1.807, 2.05) is 24.3 Å². The Morgan fingerprint density at radius 1 is 1.21 bits per heavy atom. The number of benzene rings is 1. The summed E-state index contributed by atoms with van der Waals surface area (Å²) < 4.78 is 6.95. The summed E-state index contributed by atoms with van der Waals surface area (Å²) in [5, 5.41) is 3.73. The molecular formula is C22H24N4O2S. The first-order valence-corrected chi connectivity index (χ1v) is 11.0. The van der Waals surface area contributed by atoms with E-state index in [1.165, 1.54) is 29.7 Å². The Balaban J connectivity index is 1.22. The van der Waals surface area contributed by atoms with Crippen LogP contribution in [0.3, 0.4) is 0 Å². The van der Waals surface area contributed by atoms with Crippen LogP contribution < -0.4 is 10.1 Å². The first-order valence-electron chi connectivity index (χ1n) is 10.2. The van der Waals surface area contributed by atoms with E-state index < -0.39 is 0 Å². The van der Waals surface area contributed by atoms with Crippen molar-refractivity contribution in [2.75, 3.05) is 0 Å². The van der Waals surface area contributed by atoms with Gasteiger partial charge in [0.2, 0.25) is 5.91 Å². The second-order valence-electron chi connectivity index (χ2n) is 7.98. The second-order valence-corrected chi connectivity index (χ2v) is 8.97. The zero-order chi connectivity index (χ0) is 19.8. The normalized spacial score (nSPS) is 24.0. The van der Waals surface area contributed by atoms with E-state index in [-0.39, 0.29) is 5.91 Å². The van der Waals surface area contributed by atoms with E-state index >= 15 is 0 Å². The lowest BCUT2D eigenvalue weighted by atomic mass is 9.96. The number of pyridine rings is 1. The molecule has 4 heterocycles. The van der Waals surface area contributed by atoms with Crippen LogP contribution in [-0.4, -0.2) is 38.9 Å². The number of aromatic nitrogens is 2. The number of carbonyl (C=O) groups excluding carboxylic acids is 1. The Morgan fingerprint density at radius 3 is 2.66 bits per heavy atom. The number of hydrogen-bond donors (Lipinski definition) is 1. The van der Waals surface area contributed by atoms with Gasteiger partial charge in [-0.3, -0.25) is 9.69 Å². The van der Waals surface area contributed by atoms with Crippen molar-refractivity contribution >= 4 is 27.6 Å². The Labute approximate surface area is 173 Å². The summed E-state index contributed by atoms with van der Waals surface area (Å²) in [4.78, 5) is 22.7. The first-order chi connectivity index (χ1) is 14.1. The number of amides is 1. The van der Waals surface area contributed by atoms with Crippen LogP contribution in [0.5, 0.6) is 10.9 Å². The molecular weight excluding hydrogens is 384 g/mol. The van der Waals surface area contributed by atoms with Crippen LogP contribution in [0.1, 0.15) is 38.2 Å². The van der Waals surface area contributed by atoms with Crippen LogP contribution in [0.15, 0.2) is 42.6 Å². The zero-order valence-corrected chi connectivity index (χ0v) is 17.2. The smallest absolute Gasteiger partial charge is 0.281 e. The van der Waals surface area contributed by atoms with Gasteiger partial charge in [0.1, 0.15) is 5.75 Å². The van der Waals surface area contributed by atoms with Crippen molar-refractivity contribution in [1.82, 2.24) is 20.2 Å². The molecule has 1 aromatic carbocycles. The fourth-order valence-electron chi connectivity index (χ4n) is 4.71. The molecule has 1 amide bonds. The van der Waals surface area contributed by atoms with Crippen molar-refractivity contribution in [3.05, 3.63) is 48.2 Å². The number of rotatable bonds is 5. The highest BCUT2D eigenvalue weighted by Crippen LogP contribution is 2.37. The highest BCUT2D eigenvalue weighted by atomic mass is 32.1. The van der Waals surface area contributed by atoms with E-state index in [4.69, 9.17) is 4.74 Å². The minimum Gasteiger partial charge on any atom is -0.431 e. The van der Waals surface area contributed by atoms with Crippen molar-refractivity contribution in [1.29, 1.82) is 0 Å². The maximum absolute atomic E-state index is 11.4. The molecule has 0 spiro atoms. The van der Waals surface area contributed by atoms with E-state index in [0.717, 1.165) is 35.5 Å². The van der Waals surface area contributed by atoms with Gasteiger partial charge in [0.15, 0.2) is 5.65 Å². The second kappa shape index (κ2) is 7.72. The number of thiazole rings is 1. The van der Waals surface area contributed by atoms with Gasteiger partial charge in [-0.1, -0.05) is 23.5 Å². The van der Waals surface area contributed by atoms with Crippen LogP contribution in [0.2, 0.25) is 0 Å². The van der Waals surface area contributed by atoms with Gasteiger partial charge in [-0.2, -0.15) is 4.98 Å². The average molecular weight is 409 g/mol. The van der Waals surface area contributed by atoms with E-state index in [1.54, 1.807) is 13.1 Å². The zero-order valence-electron chi connectivity index (χ0n) is 16.4. The minimum atomic E-state index is 0.0855. The molecule has 29 heavy (non-hydrogen) atoms. The van der Waals surface area contributed by atoms with E-state index in [9.17, 15) is 4.79 Å². The fraction of sp³-hybridized carbons (Fsp3) is 0.409. The van der Waals surface area contributed by atoms with Crippen LogP contribution in [0.25, 0.3) is 10.3 Å². The molecule has 7 heteroatoms. The average Bonchev–Trinajstić information content (AvgIpc) is 3.20. The maximum Gasteiger partial charge on any atom is 0.281 e. The summed E-state index contributed by atoms with van der Waals surface area (Å²) in [5.74, 6) is 0.877. The monoisotopic (exact) mass is 408 g/mol. The Morgan fingerprint density at radius 2 is 1.97 bits per heavy atom. The molecule has 1 N–H and O–H groups in total. The van der Waals surface area contributed by atoms with Gasteiger partial charge in [-0.25, -0.2) is 4.98 Å². The van der Waals surface area contributed by atoms with Gasteiger partial charge in [0.25, 0.3) is 5.19 Å². The summed E-state index contributed by atoms with van der Waals surface area (Å²) in [5.41, 5.74) is 2.01. The van der Waals surface area contributed by atoms with Crippen molar-refractivity contribution < 1.29 is 9.53 Å². The highest BCUT2D eigenvalue weighted by molar-refractivity contribution is 7.20. The van der Waals surface area contributed by atoms with Crippen molar-refractivity contribution in [3.8, 4) is 10.9 Å². The van der Waals surface area contributed by atoms with Crippen molar-refractivity contribution in [2.24, 2.45) is 0 Å². The Bertz CT molecular complexity index is 972. The number of ether oxygens (including phenoxy) is 1. The standard InChI is InChI=1S/C22H24N4O2S/c1-14(27)24-16-11-17-6-7-18(12-16)26(17)13-15-4-8-19(9-5-15)28-22-25-21-20(29-22)3-2-10-23-21/h2-5,8-10,16-18H,6-7,11-13H2,1H3,(H,24,27)/t16-,17-,18+. The van der Waals surface area contributed by atoms with E-state index in [2.05, 4.69) is 32.3 Å². The summed E-state index contributed by atoms with van der Waals surface area (Å²) in [6.07, 6.45) is 6.32. The maximum atomic E-state index is 11.4. The number of piperidine rings is 1. The van der Waals surface area contributed by atoms with E-state index in [0.29, 0.717) is 23.3 Å². The topological polar surface area (TPSA) is 67.4 Å². The quantitative estimate of drug-likeness (QED) is 0.688. The summed E-state index contributed by atoms with van der Waals surface area (Å²) in [6.45, 7) is 2.57. The number of fused-ring (bicyclic) bond motifs is 3. The molecule has 0 aliphatic carbocycles. The largest absolute Gasteiger partial charge is 0.431 e. The third-order valence-corrected chi connectivity index (χ3v) is 6.82. The van der Waals surface area contributed by atoms with Crippen LogP contribution in [0.4, 0.5) is 0 Å². The molecule has 2 saturated heterocycles. The molecule has 6 nitrogen and oxygen atoms in total. The molecule has 3 atom stereocenters. The molecule has 0 unspecified atom stereocenters. The number of carbonyl (C=O) groups is 1. The summed E-state index contributed by atoms with van der Waals surface area (Å²) in [6, 6.07) is 13.7. The van der Waals surface area contributed by atoms with Gasteiger partial charge in [0.05, 0.1) is 4.70 Å². The van der Waals surface area contributed by atoms with Gasteiger partial charge in [-0.05, 0) is 55.5 Å². The molecule has 150 valence electrons. The summed E-state index contributed by atoms with van der Waals surface area (Å²) in [7, 11) is 0. The molecule has 2 bridgehead atoms. The lowest BCUT2D eigenvalue weighted by molar-refractivity contribution is -0.120. The minimum absolute atomic E-state index is 0.0855. The van der Waals surface area contributed by atoms with Gasteiger partial charge in [-0.15, -0.1) is 0 Å². The van der Waals surface area contributed by atoms with Gasteiger partial charge < -0.3 is 10.1 Å². The molecule has 2 aliphatic rings. The highest BCUT2D eigenvalue weighted by Gasteiger charge is 2.40. The molecule has 3 aromatic rings. The lowest BCUT2D eigenvalue weighted by Crippen LogP contribution is -2.49. The van der Waals surface area contributed by atoms with Crippen LogP contribution in [-0.2, 0) is 11.3 Å². The third kappa shape index (κ3) is 3.97. The Hall–Kier alpha value is -2.51.